The Balaban J connectivity index is 0. The molecule has 0 aromatic heterocycles. The Morgan fingerprint density at radius 2 is 1.55 bits per heavy atom. The first-order valence-corrected chi connectivity index (χ1v) is 3.83. The second-order valence-corrected chi connectivity index (χ2v) is 4.18. The fourth-order valence-electron chi connectivity index (χ4n) is 0. The monoisotopic (exact) mass is 242 g/mol. The second kappa shape index (κ2) is 6.14. The van der Waals surface area contributed by atoms with E-state index in [-0.39, 0.29) is 0 Å². The zero-order valence-corrected chi connectivity index (χ0v) is 8.42. The van der Waals surface area contributed by atoms with Crippen LogP contribution in [0.5, 0.6) is 0 Å². The van der Waals surface area contributed by atoms with Crippen LogP contribution < -0.4 is 0 Å². The van der Waals surface area contributed by atoms with Gasteiger partial charge in [0.15, 0.2) is 5.56 Å². The summed E-state index contributed by atoms with van der Waals surface area (Å²) in [4.78, 5) is 9.00. The molecule has 0 heterocycles. The molecule has 0 spiro atoms. The van der Waals surface area contributed by atoms with Gasteiger partial charge in [-0.2, -0.15) is 0 Å². The van der Waals surface area contributed by atoms with Crippen LogP contribution in [0, 0.1) is 0 Å². The van der Waals surface area contributed by atoms with Crippen molar-refractivity contribution in [3.05, 3.63) is 0 Å². The van der Waals surface area contributed by atoms with Crippen LogP contribution in [-0.4, -0.2) is 25.5 Å². The lowest BCUT2D eigenvalue weighted by molar-refractivity contribution is -0.134. The predicted octanol–water partition coefficient (Wildman–Crippen LogP) is 2.00. The molecule has 0 saturated heterocycles. The van der Waals surface area contributed by atoms with Gasteiger partial charge in [0.25, 0.3) is 5.97 Å². The summed E-state index contributed by atoms with van der Waals surface area (Å²) in [5.41, 5.74) is -1.43. The summed E-state index contributed by atoms with van der Waals surface area (Å²) in [7, 11) is 0. The third-order valence-corrected chi connectivity index (χ3v) is 1.55. The van der Waals surface area contributed by atoms with Crippen LogP contribution in [0.3, 0.4) is 0 Å². The lowest BCUT2D eigenvalue weighted by Gasteiger charge is -2.10. The van der Waals surface area contributed by atoms with Crippen LogP contribution in [0.25, 0.3) is 0 Å². The minimum atomic E-state index is -1.76. The molecule has 0 aliphatic rings. The Morgan fingerprint density at radius 3 is 1.55 bits per heavy atom. The van der Waals surface area contributed by atoms with Crippen molar-refractivity contribution in [3.8, 4) is 0 Å². The van der Waals surface area contributed by atoms with Crippen molar-refractivity contribution >= 4 is 52.4 Å². The van der Waals surface area contributed by atoms with Gasteiger partial charge < -0.3 is 10.2 Å². The molecule has 0 aromatic rings. The number of halogens is 4. The maximum absolute atomic E-state index is 9.00. The molecular formula is C4H6Cl4O3. The van der Waals surface area contributed by atoms with E-state index in [4.69, 9.17) is 61.4 Å². The van der Waals surface area contributed by atoms with Gasteiger partial charge in [0.2, 0.25) is 3.79 Å². The highest BCUT2D eigenvalue weighted by atomic mass is 35.6. The van der Waals surface area contributed by atoms with Crippen molar-refractivity contribution in [1.29, 1.82) is 0 Å². The minimum absolute atomic E-state index is 0.833. The van der Waals surface area contributed by atoms with E-state index in [9.17, 15) is 0 Å². The lowest BCUT2D eigenvalue weighted by atomic mass is 10.8. The smallest absolute Gasteiger partial charge is 0.300 e. The molecule has 68 valence electrons. The van der Waals surface area contributed by atoms with Gasteiger partial charge in [-0.25, -0.2) is 0 Å². The first-order valence-electron chi connectivity index (χ1n) is 2.26. The Bertz CT molecular complexity index is 115. The Kier molecular flexibility index (Phi) is 7.89. The van der Waals surface area contributed by atoms with Gasteiger partial charge in [-0.05, 0) is 0 Å². The van der Waals surface area contributed by atoms with Crippen molar-refractivity contribution < 1.29 is 15.0 Å². The van der Waals surface area contributed by atoms with E-state index in [2.05, 4.69) is 0 Å². The summed E-state index contributed by atoms with van der Waals surface area (Å²) in [6, 6.07) is 0. The molecular weight excluding hydrogens is 238 g/mol. The Hall–Kier alpha value is 0.590. The Morgan fingerprint density at radius 1 is 1.45 bits per heavy atom. The van der Waals surface area contributed by atoms with Crippen molar-refractivity contribution in [3.63, 3.8) is 0 Å². The van der Waals surface area contributed by atoms with Gasteiger partial charge >= 0.3 is 0 Å². The van der Waals surface area contributed by atoms with Gasteiger partial charge in [0.05, 0.1) is 0 Å². The number of alkyl halides is 4. The largest absolute Gasteiger partial charge is 0.481 e. The van der Waals surface area contributed by atoms with E-state index in [1.165, 1.54) is 0 Å². The highest BCUT2D eigenvalue weighted by Crippen LogP contribution is 2.31. The SMILES string of the molecule is CC(=O)O.OC(Cl)C(Cl)(Cl)Cl. The number of aliphatic hydroxyl groups is 1. The van der Waals surface area contributed by atoms with Crippen molar-refractivity contribution in [1.82, 2.24) is 0 Å². The van der Waals surface area contributed by atoms with E-state index in [1.54, 1.807) is 0 Å². The van der Waals surface area contributed by atoms with Gasteiger partial charge in [-0.1, -0.05) is 46.4 Å². The van der Waals surface area contributed by atoms with E-state index < -0.39 is 15.3 Å². The minimum Gasteiger partial charge on any atom is -0.481 e. The molecule has 3 nitrogen and oxygen atoms in total. The molecule has 11 heavy (non-hydrogen) atoms. The summed E-state index contributed by atoms with van der Waals surface area (Å²) in [5.74, 6) is -0.833. The molecule has 0 radical (unpaired) electrons. The maximum Gasteiger partial charge on any atom is 0.300 e. The van der Waals surface area contributed by atoms with Crippen LogP contribution in [0.4, 0.5) is 0 Å². The Labute approximate surface area is 83.8 Å². The average molecular weight is 244 g/mol. The highest BCUT2D eigenvalue weighted by Gasteiger charge is 2.28. The molecule has 0 fully saturated rings. The van der Waals surface area contributed by atoms with Crippen molar-refractivity contribution in [2.75, 3.05) is 0 Å². The quantitative estimate of drug-likeness (QED) is 0.640. The standard InChI is InChI=1S/C2H2Cl4O.C2H4O2/c3-1(7)2(4,5)6;1-2(3)4/h1,7H;1H3,(H,3,4). The predicted molar refractivity (Wildman–Crippen MR) is 45.5 cm³/mol. The first-order chi connectivity index (χ1) is 4.68. The number of aliphatic carboxylic acids is 1. The molecule has 7 heteroatoms. The summed E-state index contributed by atoms with van der Waals surface area (Å²) in [6.45, 7) is 1.08. The summed E-state index contributed by atoms with van der Waals surface area (Å²) in [6.07, 6.45) is 0. The summed E-state index contributed by atoms with van der Waals surface area (Å²) >= 11 is 20.0. The first kappa shape index (κ1) is 14.1. The number of hydrogen-bond acceptors (Lipinski definition) is 2. The third-order valence-electron chi connectivity index (χ3n) is 0.270. The topological polar surface area (TPSA) is 57.5 Å². The zero-order chi connectivity index (χ0) is 9.65. The number of rotatable bonds is 0. The van der Waals surface area contributed by atoms with E-state index in [0.29, 0.717) is 0 Å². The molecule has 1 unspecified atom stereocenters. The highest BCUT2D eigenvalue weighted by molar-refractivity contribution is 6.69. The van der Waals surface area contributed by atoms with Gasteiger partial charge in [0.1, 0.15) is 0 Å². The van der Waals surface area contributed by atoms with Crippen LogP contribution in [0.2, 0.25) is 0 Å². The van der Waals surface area contributed by atoms with Crippen molar-refractivity contribution in [2.24, 2.45) is 0 Å². The zero-order valence-electron chi connectivity index (χ0n) is 5.39. The fourth-order valence-corrected chi connectivity index (χ4v) is 0. The number of carbonyl (C=O) groups is 1. The number of carboxylic acid groups (broad SMARTS) is 1. The van der Waals surface area contributed by atoms with Crippen LogP contribution in [-0.2, 0) is 4.79 Å². The number of hydrogen-bond donors (Lipinski definition) is 2. The summed E-state index contributed by atoms with van der Waals surface area (Å²) < 4.78 is -1.76. The molecule has 0 saturated carbocycles. The van der Waals surface area contributed by atoms with E-state index >= 15 is 0 Å². The van der Waals surface area contributed by atoms with E-state index in [0.717, 1.165) is 6.92 Å². The van der Waals surface area contributed by atoms with Crippen LogP contribution >= 0.6 is 46.4 Å². The normalized spacial score (nSPS) is 12.9. The fraction of sp³-hybridized carbons (Fsp3) is 0.750. The molecule has 0 amide bonds. The van der Waals surface area contributed by atoms with Crippen LogP contribution in [0.15, 0.2) is 0 Å². The molecule has 0 aliphatic carbocycles. The molecule has 1 atom stereocenters. The lowest BCUT2D eigenvalue weighted by Crippen LogP contribution is -2.17. The third kappa shape index (κ3) is 18.0. The molecule has 0 bridgehead atoms. The van der Waals surface area contributed by atoms with Gasteiger partial charge in [-0.3, -0.25) is 4.79 Å². The molecule has 0 aromatic carbocycles. The average Bonchev–Trinajstić information content (AvgIpc) is 1.59. The molecule has 0 aliphatic heterocycles. The molecule has 2 N–H and O–H groups in total. The van der Waals surface area contributed by atoms with E-state index in [1.807, 2.05) is 0 Å². The maximum atomic E-state index is 9.00. The number of carboxylic acids is 1. The van der Waals surface area contributed by atoms with Crippen LogP contribution in [0.1, 0.15) is 6.92 Å². The summed E-state index contributed by atoms with van der Waals surface area (Å²) in [5, 5.41) is 15.7. The van der Waals surface area contributed by atoms with Gasteiger partial charge in [0, 0.05) is 6.92 Å². The molecule has 0 rings (SSSR count). The number of aliphatic hydroxyl groups excluding tert-OH is 1. The van der Waals surface area contributed by atoms with Gasteiger partial charge in [-0.15, -0.1) is 0 Å². The van der Waals surface area contributed by atoms with Crippen molar-refractivity contribution in [2.45, 2.75) is 16.3 Å². The second-order valence-electron chi connectivity index (χ2n) is 1.40.